The fourth-order valence-electron chi connectivity index (χ4n) is 1.11. The Morgan fingerprint density at radius 3 is 2.19 bits per heavy atom. The molecule has 0 aromatic heterocycles. The Morgan fingerprint density at radius 1 is 1.25 bits per heavy atom. The first-order valence-electron chi connectivity index (χ1n) is 4.96. The van der Waals surface area contributed by atoms with E-state index in [0.717, 1.165) is 19.1 Å². The highest BCUT2D eigenvalue weighted by molar-refractivity contribution is 9.11. The summed E-state index contributed by atoms with van der Waals surface area (Å²) in [7, 11) is 0. The summed E-state index contributed by atoms with van der Waals surface area (Å²) < 4.78 is 2.92. The van der Waals surface area contributed by atoms with Crippen LogP contribution >= 0.6 is 47.8 Å². The Kier molecular flexibility index (Phi) is 5.29. The number of anilines is 1. The Hall–Kier alpha value is 0.420. The molecule has 0 heterocycles. The molecule has 16 heavy (non-hydrogen) atoms. The van der Waals surface area contributed by atoms with Gasteiger partial charge in [-0.1, -0.05) is 22.9 Å². The van der Waals surface area contributed by atoms with Crippen molar-refractivity contribution in [2.45, 2.75) is 25.9 Å². The van der Waals surface area contributed by atoms with Gasteiger partial charge in [-0.3, -0.25) is 0 Å². The minimum absolute atomic E-state index is 0.516. The van der Waals surface area contributed by atoms with Gasteiger partial charge < -0.3 is 10.4 Å². The first kappa shape index (κ1) is 14.5. The van der Waals surface area contributed by atoms with Gasteiger partial charge in [-0.15, -0.1) is 0 Å². The first-order chi connectivity index (χ1) is 7.35. The third-order valence-corrected chi connectivity index (χ3v) is 4.12. The number of halogens is 3. The van der Waals surface area contributed by atoms with E-state index in [0.29, 0.717) is 13.0 Å². The average molecular weight is 416 g/mol. The standard InChI is InChI=1S/C11H14Br3NO/c1-3-11(2,16)6-15-10-8(13)4-7(12)5-9(10)14/h4-5,15-16H,3,6H2,1-2H3. The van der Waals surface area contributed by atoms with E-state index < -0.39 is 5.60 Å². The predicted molar refractivity (Wildman–Crippen MR) is 78.9 cm³/mol. The molecule has 2 N–H and O–H groups in total. The van der Waals surface area contributed by atoms with Crippen molar-refractivity contribution in [3.8, 4) is 0 Å². The third kappa shape index (κ3) is 4.02. The van der Waals surface area contributed by atoms with Crippen LogP contribution in [0.3, 0.4) is 0 Å². The van der Waals surface area contributed by atoms with Crippen molar-refractivity contribution < 1.29 is 5.11 Å². The van der Waals surface area contributed by atoms with Gasteiger partial charge in [-0.2, -0.15) is 0 Å². The fourth-order valence-corrected chi connectivity index (χ4v) is 3.65. The largest absolute Gasteiger partial charge is 0.388 e. The maximum atomic E-state index is 9.92. The summed E-state index contributed by atoms with van der Waals surface area (Å²) in [5.41, 5.74) is 0.267. The van der Waals surface area contributed by atoms with Crippen LogP contribution in [0.5, 0.6) is 0 Å². The van der Waals surface area contributed by atoms with E-state index in [9.17, 15) is 5.11 Å². The fraction of sp³-hybridized carbons (Fsp3) is 0.455. The van der Waals surface area contributed by atoms with Crippen molar-refractivity contribution in [2.24, 2.45) is 0 Å². The number of aliphatic hydroxyl groups is 1. The molecule has 0 radical (unpaired) electrons. The summed E-state index contributed by atoms with van der Waals surface area (Å²) in [4.78, 5) is 0. The third-order valence-electron chi connectivity index (χ3n) is 2.41. The number of hydrogen-bond acceptors (Lipinski definition) is 2. The molecule has 0 aliphatic heterocycles. The molecule has 1 unspecified atom stereocenters. The second kappa shape index (κ2) is 5.85. The van der Waals surface area contributed by atoms with Crippen molar-refractivity contribution in [2.75, 3.05) is 11.9 Å². The van der Waals surface area contributed by atoms with Gasteiger partial charge >= 0.3 is 0 Å². The zero-order valence-corrected chi connectivity index (χ0v) is 13.9. The van der Waals surface area contributed by atoms with Crippen LogP contribution in [0, 0.1) is 0 Å². The molecule has 1 rings (SSSR count). The molecular formula is C11H14Br3NO. The van der Waals surface area contributed by atoms with Crippen LogP contribution in [0.4, 0.5) is 5.69 Å². The molecule has 0 aliphatic carbocycles. The van der Waals surface area contributed by atoms with Crippen molar-refractivity contribution in [1.29, 1.82) is 0 Å². The second-order valence-electron chi connectivity index (χ2n) is 3.95. The number of benzene rings is 1. The topological polar surface area (TPSA) is 32.3 Å². The minimum atomic E-state index is -0.689. The summed E-state index contributed by atoms with van der Waals surface area (Å²) in [5, 5.41) is 13.2. The van der Waals surface area contributed by atoms with Crippen molar-refractivity contribution in [3.63, 3.8) is 0 Å². The van der Waals surface area contributed by atoms with Gasteiger partial charge in [-0.05, 0) is 57.3 Å². The first-order valence-corrected chi connectivity index (χ1v) is 7.34. The molecule has 1 aromatic carbocycles. The van der Waals surface area contributed by atoms with Crippen LogP contribution in [0.25, 0.3) is 0 Å². The maximum Gasteiger partial charge on any atom is 0.0788 e. The summed E-state index contributed by atoms with van der Waals surface area (Å²) >= 11 is 10.4. The van der Waals surface area contributed by atoms with Crippen molar-refractivity contribution in [1.82, 2.24) is 0 Å². The van der Waals surface area contributed by atoms with Crippen LogP contribution in [0.15, 0.2) is 25.6 Å². The SMILES string of the molecule is CCC(C)(O)CNc1c(Br)cc(Br)cc1Br. The van der Waals surface area contributed by atoms with E-state index in [1.54, 1.807) is 0 Å². The molecule has 0 saturated heterocycles. The molecule has 0 bridgehead atoms. The Bertz CT molecular complexity index is 356. The minimum Gasteiger partial charge on any atom is -0.388 e. The molecule has 90 valence electrons. The maximum absolute atomic E-state index is 9.92. The van der Waals surface area contributed by atoms with Crippen molar-refractivity contribution in [3.05, 3.63) is 25.6 Å². The van der Waals surface area contributed by atoms with Gasteiger partial charge in [0.15, 0.2) is 0 Å². The quantitative estimate of drug-likeness (QED) is 0.756. The molecule has 0 spiro atoms. The van der Waals surface area contributed by atoms with Crippen molar-refractivity contribution >= 4 is 53.5 Å². The van der Waals surface area contributed by atoms with Gasteiger partial charge in [0.05, 0.1) is 11.3 Å². The lowest BCUT2D eigenvalue weighted by atomic mass is 10.0. The van der Waals surface area contributed by atoms with E-state index in [1.807, 2.05) is 26.0 Å². The molecular weight excluding hydrogens is 402 g/mol. The van der Waals surface area contributed by atoms with Gasteiger partial charge in [0.2, 0.25) is 0 Å². The summed E-state index contributed by atoms with van der Waals surface area (Å²) in [5.74, 6) is 0. The molecule has 0 aliphatic rings. The van der Waals surface area contributed by atoms with Crippen LogP contribution < -0.4 is 5.32 Å². The Labute approximate surface area is 121 Å². The highest BCUT2D eigenvalue weighted by atomic mass is 79.9. The summed E-state index contributed by atoms with van der Waals surface area (Å²) in [6, 6.07) is 3.93. The highest BCUT2D eigenvalue weighted by Crippen LogP contribution is 2.34. The van der Waals surface area contributed by atoms with Crippen LogP contribution in [0.1, 0.15) is 20.3 Å². The number of rotatable bonds is 4. The molecule has 2 nitrogen and oxygen atoms in total. The number of nitrogens with one attached hydrogen (secondary N) is 1. The molecule has 0 saturated carbocycles. The zero-order chi connectivity index (χ0) is 12.3. The molecule has 5 heteroatoms. The van der Waals surface area contributed by atoms with E-state index in [1.165, 1.54) is 0 Å². The Balaban J connectivity index is 2.82. The monoisotopic (exact) mass is 413 g/mol. The summed E-state index contributed by atoms with van der Waals surface area (Å²) in [6.07, 6.45) is 0.714. The molecule has 1 aromatic rings. The zero-order valence-electron chi connectivity index (χ0n) is 9.15. The van der Waals surface area contributed by atoms with Crippen LogP contribution in [-0.2, 0) is 0 Å². The van der Waals surface area contributed by atoms with Gasteiger partial charge in [0.1, 0.15) is 0 Å². The van der Waals surface area contributed by atoms with E-state index in [-0.39, 0.29) is 0 Å². The molecule has 0 fully saturated rings. The van der Waals surface area contributed by atoms with E-state index >= 15 is 0 Å². The van der Waals surface area contributed by atoms with Crippen LogP contribution in [0.2, 0.25) is 0 Å². The van der Waals surface area contributed by atoms with E-state index in [2.05, 4.69) is 53.1 Å². The number of hydrogen-bond donors (Lipinski definition) is 2. The average Bonchev–Trinajstić information content (AvgIpc) is 2.16. The summed E-state index contributed by atoms with van der Waals surface area (Å²) in [6.45, 7) is 4.30. The lowest BCUT2D eigenvalue weighted by Gasteiger charge is -2.23. The highest BCUT2D eigenvalue weighted by Gasteiger charge is 2.18. The van der Waals surface area contributed by atoms with Gasteiger partial charge in [-0.25, -0.2) is 0 Å². The molecule has 1 atom stereocenters. The normalized spacial score (nSPS) is 14.6. The van der Waals surface area contributed by atoms with E-state index in [4.69, 9.17) is 0 Å². The lowest BCUT2D eigenvalue weighted by Crippen LogP contribution is -2.32. The van der Waals surface area contributed by atoms with Crippen LogP contribution in [-0.4, -0.2) is 17.3 Å². The predicted octanol–water partition coefficient (Wildman–Crippen LogP) is 4.55. The second-order valence-corrected chi connectivity index (χ2v) is 6.57. The lowest BCUT2D eigenvalue weighted by molar-refractivity contribution is 0.0697. The smallest absolute Gasteiger partial charge is 0.0788 e. The van der Waals surface area contributed by atoms with Gasteiger partial charge in [0, 0.05) is 20.0 Å². The van der Waals surface area contributed by atoms with Gasteiger partial charge in [0.25, 0.3) is 0 Å². The molecule has 0 amide bonds. The Morgan fingerprint density at radius 2 is 1.75 bits per heavy atom.